The lowest BCUT2D eigenvalue weighted by molar-refractivity contribution is -0.141. The Kier molecular flexibility index (Phi) is 11.1. The number of rotatable bonds is 14. The van der Waals surface area contributed by atoms with E-state index in [1.807, 2.05) is 0 Å². The first-order valence-corrected chi connectivity index (χ1v) is 10.5. The lowest BCUT2D eigenvalue weighted by atomic mass is 10.0. The van der Waals surface area contributed by atoms with Crippen LogP contribution in [-0.4, -0.2) is 69.9 Å². The molecule has 14 nitrogen and oxygen atoms in total. The SMILES string of the molecule is CC(NC(=O)C(Cc1ccc(O)cc1)NC(=O)C(CCC(N)=O)NC(=O)C(N)CC(N)=O)C(=O)O. The molecule has 0 bridgehead atoms. The molecule has 4 unspecified atom stereocenters. The number of nitrogens with two attached hydrogens (primary N) is 3. The number of hydrogen-bond acceptors (Lipinski definition) is 8. The molecule has 1 rings (SSSR count). The number of carbonyl (C=O) groups excluding carboxylic acids is 5. The Morgan fingerprint density at radius 3 is 1.91 bits per heavy atom. The van der Waals surface area contributed by atoms with Gasteiger partial charge in [0.2, 0.25) is 29.5 Å². The van der Waals surface area contributed by atoms with Crippen molar-refractivity contribution in [3.8, 4) is 5.75 Å². The van der Waals surface area contributed by atoms with Crippen LogP contribution in [0.2, 0.25) is 0 Å². The first kappa shape index (κ1) is 28.8. The molecule has 5 amide bonds. The van der Waals surface area contributed by atoms with Crippen molar-refractivity contribution in [2.75, 3.05) is 0 Å². The molecule has 11 N–H and O–H groups in total. The number of benzene rings is 1. The van der Waals surface area contributed by atoms with Gasteiger partial charge in [0, 0.05) is 12.8 Å². The minimum atomic E-state index is -1.36. The van der Waals surface area contributed by atoms with E-state index in [0.717, 1.165) is 0 Å². The quantitative estimate of drug-likeness (QED) is 0.130. The van der Waals surface area contributed by atoms with E-state index in [9.17, 15) is 33.9 Å². The summed E-state index contributed by atoms with van der Waals surface area (Å²) in [5.41, 5.74) is 16.3. The van der Waals surface area contributed by atoms with E-state index in [-0.39, 0.29) is 25.0 Å². The molecule has 1 aromatic rings. The van der Waals surface area contributed by atoms with Crippen molar-refractivity contribution in [3.63, 3.8) is 0 Å². The zero-order chi connectivity index (χ0) is 26.7. The van der Waals surface area contributed by atoms with Crippen molar-refractivity contribution in [2.45, 2.75) is 56.8 Å². The minimum Gasteiger partial charge on any atom is -0.508 e. The number of phenols is 1. The third-order valence-corrected chi connectivity index (χ3v) is 4.81. The summed E-state index contributed by atoms with van der Waals surface area (Å²) in [4.78, 5) is 71.4. The molecule has 35 heavy (non-hydrogen) atoms. The van der Waals surface area contributed by atoms with Crippen molar-refractivity contribution in [1.29, 1.82) is 0 Å². The highest BCUT2D eigenvalue weighted by Crippen LogP contribution is 2.12. The molecule has 0 saturated heterocycles. The van der Waals surface area contributed by atoms with E-state index < -0.39 is 66.1 Å². The van der Waals surface area contributed by atoms with Crippen LogP contribution in [0.15, 0.2) is 24.3 Å². The van der Waals surface area contributed by atoms with Crippen LogP contribution in [0, 0.1) is 0 Å². The van der Waals surface area contributed by atoms with Crippen LogP contribution in [0.1, 0.15) is 31.7 Å². The summed E-state index contributed by atoms with van der Waals surface area (Å²) in [7, 11) is 0. The molecule has 14 heteroatoms. The molecule has 0 saturated carbocycles. The Bertz CT molecular complexity index is 952. The van der Waals surface area contributed by atoms with Gasteiger partial charge in [-0.3, -0.25) is 28.8 Å². The van der Waals surface area contributed by atoms with Crippen LogP contribution in [-0.2, 0) is 35.2 Å². The number of aliphatic carboxylic acids is 1. The van der Waals surface area contributed by atoms with Crippen molar-refractivity contribution in [2.24, 2.45) is 17.2 Å². The second-order valence-corrected chi connectivity index (χ2v) is 7.84. The van der Waals surface area contributed by atoms with E-state index in [2.05, 4.69) is 16.0 Å². The summed E-state index contributed by atoms with van der Waals surface area (Å²) in [6, 6.07) is 0.448. The fraction of sp³-hybridized carbons (Fsp3) is 0.429. The smallest absolute Gasteiger partial charge is 0.325 e. The number of amides is 5. The maximum atomic E-state index is 13.0. The van der Waals surface area contributed by atoms with Gasteiger partial charge in [-0.25, -0.2) is 0 Å². The van der Waals surface area contributed by atoms with Crippen LogP contribution in [0.25, 0.3) is 0 Å². The van der Waals surface area contributed by atoms with E-state index in [1.165, 1.54) is 31.2 Å². The lowest BCUT2D eigenvalue weighted by Gasteiger charge is -2.24. The Labute approximate surface area is 200 Å². The van der Waals surface area contributed by atoms with Gasteiger partial charge in [0.05, 0.1) is 12.5 Å². The van der Waals surface area contributed by atoms with Crippen LogP contribution in [0.3, 0.4) is 0 Å². The largest absolute Gasteiger partial charge is 0.508 e. The maximum Gasteiger partial charge on any atom is 0.325 e. The van der Waals surface area contributed by atoms with Gasteiger partial charge < -0.3 is 43.4 Å². The Morgan fingerprint density at radius 2 is 1.40 bits per heavy atom. The zero-order valence-corrected chi connectivity index (χ0v) is 19.0. The second-order valence-electron chi connectivity index (χ2n) is 7.84. The minimum absolute atomic E-state index is 0.0279. The monoisotopic (exact) mass is 494 g/mol. The van der Waals surface area contributed by atoms with Gasteiger partial charge in [-0.15, -0.1) is 0 Å². The molecule has 192 valence electrons. The summed E-state index contributed by atoms with van der Waals surface area (Å²) >= 11 is 0. The Morgan fingerprint density at radius 1 is 0.857 bits per heavy atom. The van der Waals surface area contributed by atoms with E-state index >= 15 is 0 Å². The third kappa shape index (κ3) is 10.5. The standard InChI is InChI=1S/C21H30N6O8/c1-10(21(34)35)25-20(33)15(8-11-2-4-12(28)5-3-11)27-19(32)14(6-7-16(23)29)26-18(31)13(22)9-17(24)30/h2-5,10,13-15,28H,6-9,22H2,1H3,(H2,23,29)(H2,24,30)(H,25,33)(H,26,31)(H,27,32)(H,34,35). The van der Waals surface area contributed by atoms with Crippen molar-refractivity contribution in [3.05, 3.63) is 29.8 Å². The summed E-state index contributed by atoms with van der Waals surface area (Å²) in [5.74, 6) is -5.54. The maximum absolute atomic E-state index is 13.0. The van der Waals surface area contributed by atoms with Crippen molar-refractivity contribution < 1.29 is 39.0 Å². The van der Waals surface area contributed by atoms with E-state index in [0.29, 0.717) is 5.56 Å². The number of carboxylic acid groups (broad SMARTS) is 1. The molecule has 1 aromatic carbocycles. The number of nitrogens with one attached hydrogen (secondary N) is 3. The predicted molar refractivity (Wildman–Crippen MR) is 121 cm³/mol. The molecule has 0 aliphatic rings. The first-order chi connectivity index (χ1) is 16.3. The number of phenolic OH excluding ortho intramolecular Hbond substituents is 1. The predicted octanol–water partition coefficient (Wildman–Crippen LogP) is -3.04. The van der Waals surface area contributed by atoms with Crippen LogP contribution < -0.4 is 33.2 Å². The van der Waals surface area contributed by atoms with Crippen molar-refractivity contribution in [1.82, 2.24) is 16.0 Å². The summed E-state index contributed by atoms with van der Waals surface area (Å²) in [6.07, 6.45) is -1.12. The molecule has 0 spiro atoms. The molecule has 0 fully saturated rings. The highest BCUT2D eigenvalue weighted by atomic mass is 16.4. The normalized spacial score (nSPS) is 14.0. The molecule has 0 aliphatic heterocycles. The third-order valence-electron chi connectivity index (χ3n) is 4.81. The number of carbonyl (C=O) groups is 6. The van der Waals surface area contributed by atoms with Gasteiger partial charge in [0.1, 0.15) is 23.9 Å². The van der Waals surface area contributed by atoms with Gasteiger partial charge in [-0.1, -0.05) is 12.1 Å². The lowest BCUT2D eigenvalue weighted by Crippen LogP contribution is -2.57. The van der Waals surface area contributed by atoms with E-state index in [4.69, 9.17) is 22.3 Å². The zero-order valence-electron chi connectivity index (χ0n) is 19.0. The highest BCUT2D eigenvalue weighted by molar-refractivity contribution is 5.95. The number of carboxylic acids is 1. The summed E-state index contributed by atoms with van der Waals surface area (Å²) < 4.78 is 0. The number of aromatic hydroxyl groups is 1. The molecular weight excluding hydrogens is 464 g/mol. The summed E-state index contributed by atoms with van der Waals surface area (Å²) in [6.45, 7) is 1.23. The molecule has 0 radical (unpaired) electrons. The molecule has 0 aromatic heterocycles. The van der Waals surface area contributed by atoms with Gasteiger partial charge in [-0.2, -0.15) is 0 Å². The average molecular weight is 495 g/mol. The van der Waals surface area contributed by atoms with Gasteiger partial charge in [0.25, 0.3) is 0 Å². The van der Waals surface area contributed by atoms with Gasteiger partial charge in [-0.05, 0) is 31.0 Å². The number of primary amides is 2. The Balaban J connectivity index is 3.10. The topological polar surface area (TPSA) is 257 Å². The van der Waals surface area contributed by atoms with Crippen LogP contribution in [0.5, 0.6) is 5.75 Å². The van der Waals surface area contributed by atoms with Crippen LogP contribution >= 0.6 is 0 Å². The highest BCUT2D eigenvalue weighted by Gasteiger charge is 2.30. The fourth-order valence-electron chi connectivity index (χ4n) is 2.87. The molecule has 0 heterocycles. The summed E-state index contributed by atoms with van der Waals surface area (Å²) in [5, 5.41) is 25.5. The van der Waals surface area contributed by atoms with Crippen molar-refractivity contribution >= 4 is 35.5 Å². The molecular formula is C21H30N6O8. The molecule has 4 atom stereocenters. The average Bonchev–Trinajstić information content (AvgIpc) is 2.76. The van der Waals surface area contributed by atoms with Crippen LogP contribution in [0.4, 0.5) is 0 Å². The second kappa shape index (κ2) is 13.5. The van der Waals surface area contributed by atoms with Gasteiger partial charge >= 0.3 is 5.97 Å². The molecule has 0 aliphatic carbocycles. The Hall–Kier alpha value is -4.20. The number of hydrogen-bond donors (Lipinski definition) is 8. The fourth-order valence-corrected chi connectivity index (χ4v) is 2.87. The van der Waals surface area contributed by atoms with Gasteiger partial charge in [0.15, 0.2) is 0 Å². The first-order valence-electron chi connectivity index (χ1n) is 10.5. The van der Waals surface area contributed by atoms with E-state index in [1.54, 1.807) is 0 Å².